The first-order chi connectivity index (χ1) is 15.7. The smallest absolute Gasteiger partial charge is 0.370 e. The second-order valence-corrected chi connectivity index (χ2v) is 9.01. The summed E-state index contributed by atoms with van der Waals surface area (Å²) in [6, 6.07) is 3.89. The average molecular weight is 458 g/mol. The molecule has 3 aromatic rings. The number of rotatable bonds is 3. The lowest BCUT2D eigenvalue weighted by atomic mass is 9.72. The Morgan fingerprint density at radius 1 is 1.06 bits per heavy atom. The predicted octanol–water partition coefficient (Wildman–Crippen LogP) is 4.37. The number of nitrogens with zero attached hydrogens (tertiary/aromatic N) is 6. The van der Waals surface area contributed by atoms with Gasteiger partial charge in [-0.1, -0.05) is 0 Å². The van der Waals surface area contributed by atoms with Crippen molar-refractivity contribution in [3.05, 3.63) is 46.5 Å². The van der Waals surface area contributed by atoms with Crippen LogP contribution < -0.4 is 4.90 Å². The summed E-state index contributed by atoms with van der Waals surface area (Å²) in [4.78, 5) is 16.2. The molecule has 1 atom stereocenters. The fourth-order valence-electron chi connectivity index (χ4n) is 4.52. The molecule has 2 fully saturated rings. The molecule has 0 bridgehead atoms. The van der Waals surface area contributed by atoms with Gasteiger partial charge in [0.2, 0.25) is 5.95 Å². The van der Waals surface area contributed by atoms with Crippen LogP contribution in [0.15, 0.2) is 18.3 Å². The molecular weight excluding hydrogens is 433 g/mol. The van der Waals surface area contributed by atoms with E-state index < -0.39 is 12.1 Å². The number of hydrogen-bond donors (Lipinski definition) is 0. The normalized spacial score (nSPS) is 23.6. The molecule has 1 saturated heterocycles. The Morgan fingerprint density at radius 2 is 1.85 bits per heavy atom. The molecule has 10 heteroatoms. The zero-order chi connectivity index (χ0) is 23.3. The minimum atomic E-state index is -4.17. The predicted molar refractivity (Wildman–Crippen MR) is 116 cm³/mol. The summed E-state index contributed by atoms with van der Waals surface area (Å²) < 4.78 is 45.4. The molecular formula is C23H25F3N6O. The first-order valence-corrected chi connectivity index (χ1v) is 11.1. The summed E-state index contributed by atoms with van der Waals surface area (Å²) in [6.45, 7) is 7.29. The molecule has 3 aromatic heterocycles. The Kier molecular flexibility index (Phi) is 5.43. The van der Waals surface area contributed by atoms with E-state index in [9.17, 15) is 13.2 Å². The fourth-order valence-corrected chi connectivity index (χ4v) is 4.52. The maximum atomic E-state index is 13.1. The standard InChI is InChI=1S/C23H25F3N6O/c1-12-6-18-20(15-8-17(9-15)23(24,25)26)29-22(30-21(18)28-14(12)3)32-4-5-33-19(11-32)16-7-13(2)31-27-10-16/h6-7,10,15,17,19H,4-5,8-9,11H2,1-3H3. The van der Waals surface area contributed by atoms with Gasteiger partial charge in [0, 0.05) is 29.1 Å². The summed E-state index contributed by atoms with van der Waals surface area (Å²) in [6.07, 6.45) is -2.60. The van der Waals surface area contributed by atoms with Crippen LogP contribution in [0.3, 0.4) is 0 Å². The molecule has 0 spiro atoms. The highest BCUT2D eigenvalue weighted by Gasteiger charge is 2.49. The zero-order valence-corrected chi connectivity index (χ0v) is 18.7. The monoisotopic (exact) mass is 458 g/mol. The third-order valence-corrected chi connectivity index (χ3v) is 6.65. The third-order valence-electron chi connectivity index (χ3n) is 6.65. The number of ether oxygens (including phenoxy) is 1. The number of morpholine rings is 1. The molecule has 0 N–H and O–H groups in total. The van der Waals surface area contributed by atoms with Gasteiger partial charge < -0.3 is 9.64 Å². The number of aromatic nitrogens is 5. The highest BCUT2D eigenvalue weighted by molar-refractivity contribution is 5.80. The quantitative estimate of drug-likeness (QED) is 0.577. The maximum absolute atomic E-state index is 13.1. The van der Waals surface area contributed by atoms with Gasteiger partial charge in [-0.25, -0.2) is 9.97 Å². The molecule has 1 aliphatic heterocycles. The van der Waals surface area contributed by atoms with Crippen molar-refractivity contribution >= 4 is 17.0 Å². The number of alkyl halides is 3. The number of aryl methyl sites for hydroxylation is 3. The van der Waals surface area contributed by atoms with Crippen LogP contribution in [0.1, 0.15) is 53.1 Å². The van der Waals surface area contributed by atoms with Crippen molar-refractivity contribution in [1.82, 2.24) is 25.1 Å². The van der Waals surface area contributed by atoms with E-state index in [1.807, 2.05) is 37.8 Å². The van der Waals surface area contributed by atoms with Crippen molar-refractivity contribution < 1.29 is 17.9 Å². The average Bonchev–Trinajstić information content (AvgIpc) is 2.73. The second kappa shape index (κ2) is 8.16. The van der Waals surface area contributed by atoms with E-state index in [1.54, 1.807) is 6.20 Å². The van der Waals surface area contributed by atoms with Gasteiger partial charge in [0.05, 0.1) is 36.7 Å². The minimum Gasteiger partial charge on any atom is -0.370 e. The second-order valence-electron chi connectivity index (χ2n) is 9.01. The zero-order valence-electron chi connectivity index (χ0n) is 18.7. The van der Waals surface area contributed by atoms with E-state index >= 15 is 0 Å². The molecule has 1 unspecified atom stereocenters. The molecule has 2 aliphatic rings. The van der Waals surface area contributed by atoms with Crippen LogP contribution in [-0.2, 0) is 4.74 Å². The van der Waals surface area contributed by atoms with Gasteiger partial charge in [-0.2, -0.15) is 28.4 Å². The lowest BCUT2D eigenvalue weighted by Gasteiger charge is -2.37. The van der Waals surface area contributed by atoms with E-state index in [1.165, 1.54) is 0 Å². The number of halogens is 3. The summed E-state index contributed by atoms with van der Waals surface area (Å²) >= 11 is 0. The van der Waals surface area contributed by atoms with Crippen molar-refractivity contribution in [2.75, 3.05) is 24.6 Å². The summed E-state index contributed by atoms with van der Waals surface area (Å²) in [5.74, 6) is -1.05. The van der Waals surface area contributed by atoms with E-state index in [4.69, 9.17) is 14.7 Å². The summed E-state index contributed by atoms with van der Waals surface area (Å²) in [7, 11) is 0. The van der Waals surface area contributed by atoms with Crippen LogP contribution in [-0.4, -0.2) is 51.0 Å². The summed E-state index contributed by atoms with van der Waals surface area (Å²) in [5, 5.41) is 8.76. The number of fused-ring (bicyclic) bond motifs is 1. The van der Waals surface area contributed by atoms with Gasteiger partial charge >= 0.3 is 6.18 Å². The van der Waals surface area contributed by atoms with Gasteiger partial charge in [0.1, 0.15) is 6.10 Å². The minimum absolute atomic E-state index is 0.0513. The number of hydrogen-bond acceptors (Lipinski definition) is 7. The van der Waals surface area contributed by atoms with Crippen LogP contribution in [0, 0.1) is 26.7 Å². The van der Waals surface area contributed by atoms with Gasteiger partial charge in [-0.05, 0) is 51.3 Å². The molecule has 0 amide bonds. The molecule has 5 rings (SSSR count). The van der Waals surface area contributed by atoms with Crippen molar-refractivity contribution in [1.29, 1.82) is 0 Å². The Hall–Kier alpha value is -2.88. The van der Waals surface area contributed by atoms with E-state index in [2.05, 4.69) is 15.2 Å². The Bertz CT molecular complexity index is 1190. The van der Waals surface area contributed by atoms with Crippen molar-refractivity contribution in [2.45, 2.75) is 51.8 Å². The molecule has 1 aliphatic carbocycles. The fraction of sp³-hybridized carbons (Fsp3) is 0.522. The van der Waals surface area contributed by atoms with Gasteiger partial charge in [-0.15, -0.1) is 0 Å². The van der Waals surface area contributed by atoms with Crippen molar-refractivity contribution in [3.63, 3.8) is 0 Å². The van der Waals surface area contributed by atoms with Gasteiger partial charge in [0.15, 0.2) is 5.65 Å². The van der Waals surface area contributed by atoms with Crippen molar-refractivity contribution in [3.8, 4) is 0 Å². The highest BCUT2D eigenvalue weighted by Crippen LogP contribution is 2.50. The first-order valence-electron chi connectivity index (χ1n) is 11.1. The Labute approximate surface area is 189 Å². The van der Waals surface area contributed by atoms with Gasteiger partial charge in [0.25, 0.3) is 0 Å². The molecule has 7 nitrogen and oxygen atoms in total. The lowest BCUT2D eigenvalue weighted by Crippen LogP contribution is -2.40. The van der Waals surface area contributed by atoms with Gasteiger partial charge in [-0.3, -0.25) is 0 Å². The molecule has 33 heavy (non-hydrogen) atoms. The number of pyridine rings is 1. The van der Waals surface area contributed by atoms with Crippen LogP contribution in [0.4, 0.5) is 19.1 Å². The van der Waals surface area contributed by atoms with Crippen LogP contribution in [0.5, 0.6) is 0 Å². The molecule has 4 heterocycles. The summed E-state index contributed by atoms with van der Waals surface area (Å²) in [5.41, 5.74) is 4.73. The van der Waals surface area contributed by atoms with E-state index in [0.717, 1.165) is 27.9 Å². The van der Waals surface area contributed by atoms with Crippen molar-refractivity contribution in [2.24, 2.45) is 5.92 Å². The Morgan fingerprint density at radius 3 is 2.58 bits per heavy atom. The Balaban J connectivity index is 1.50. The maximum Gasteiger partial charge on any atom is 0.391 e. The molecule has 0 radical (unpaired) electrons. The van der Waals surface area contributed by atoms with E-state index in [0.29, 0.717) is 37.0 Å². The SMILES string of the molecule is Cc1cc(C2CN(c3nc(C4CC(C(F)(F)F)C4)c4cc(C)c(C)nc4n3)CCO2)cnn1. The van der Waals surface area contributed by atoms with E-state index in [-0.39, 0.29) is 24.9 Å². The topological polar surface area (TPSA) is 76.9 Å². The largest absolute Gasteiger partial charge is 0.391 e. The highest BCUT2D eigenvalue weighted by atomic mass is 19.4. The van der Waals surface area contributed by atoms with Crippen LogP contribution in [0.25, 0.3) is 11.0 Å². The number of anilines is 1. The first kappa shape index (κ1) is 21.9. The lowest BCUT2D eigenvalue weighted by molar-refractivity contribution is -0.197. The molecule has 174 valence electrons. The molecule has 1 saturated carbocycles. The molecule has 0 aromatic carbocycles. The van der Waals surface area contributed by atoms with Crippen LogP contribution in [0.2, 0.25) is 0 Å². The van der Waals surface area contributed by atoms with Crippen LogP contribution >= 0.6 is 0 Å². The third kappa shape index (κ3) is 4.23.